The second-order valence-corrected chi connectivity index (χ2v) is 8.47. The van der Waals surface area contributed by atoms with Gasteiger partial charge in [0.2, 0.25) is 0 Å². The van der Waals surface area contributed by atoms with Gasteiger partial charge in [-0.1, -0.05) is 127 Å². The number of hydrogen-bond acceptors (Lipinski definition) is 2. The summed E-state index contributed by atoms with van der Waals surface area (Å²) in [5.41, 5.74) is 0.984. The maximum Gasteiger partial charge on any atom is 0.0906 e. The zero-order valence-electron chi connectivity index (χ0n) is 17.0. The van der Waals surface area contributed by atoms with Crippen LogP contribution in [-0.4, -0.2) is 10.4 Å². The van der Waals surface area contributed by atoms with Gasteiger partial charge in [-0.15, -0.1) is 0 Å². The van der Waals surface area contributed by atoms with E-state index in [4.69, 9.17) is 0 Å². The van der Waals surface area contributed by atoms with E-state index in [0.29, 0.717) is 0 Å². The van der Waals surface area contributed by atoms with Crippen molar-refractivity contribution in [1.29, 1.82) is 0 Å². The zero-order chi connectivity index (χ0) is 18.9. The molecule has 0 bridgehead atoms. The van der Waals surface area contributed by atoms with E-state index in [0.717, 1.165) is 12.0 Å². The number of thiol groups is 1. The van der Waals surface area contributed by atoms with Crippen molar-refractivity contribution in [2.24, 2.45) is 0 Å². The van der Waals surface area contributed by atoms with Gasteiger partial charge in [0, 0.05) is 5.25 Å². The van der Waals surface area contributed by atoms with E-state index >= 15 is 0 Å². The summed E-state index contributed by atoms with van der Waals surface area (Å²) in [6, 6.07) is 9.91. The Kier molecular flexibility index (Phi) is 15.1. The predicted molar refractivity (Wildman–Crippen MR) is 119 cm³/mol. The third-order valence-electron chi connectivity index (χ3n) is 5.36. The van der Waals surface area contributed by atoms with Gasteiger partial charge in [0.05, 0.1) is 6.10 Å². The Hall–Kier alpha value is -0.470. The van der Waals surface area contributed by atoms with Crippen LogP contribution in [0, 0.1) is 0 Å². The fraction of sp³-hybridized carbons (Fsp3) is 0.750. The summed E-state index contributed by atoms with van der Waals surface area (Å²) in [5.74, 6) is 0. The van der Waals surface area contributed by atoms with E-state index in [9.17, 15) is 5.11 Å². The Morgan fingerprint density at radius 1 is 0.692 bits per heavy atom. The van der Waals surface area contributed by atoms with Crippen molar-refractivity contribution in [3.63, 3.8) is 0 Å². The molecule has 0 aliphatic carbocycles. The summed E-state index contributed by atoms with van der Waals surface area (Å²) in [7, 11) is 0. The lowest BCUT2D eigenvalue weighted by molar-refractivity contribution is 0.170. The van der Waals surface area contributed by atoms with Crippen LogP contribution in [0.3, 0.4) is 0 Å². The molecule has 2 unspecified atom stereocenters. The molecule has 150 valence electrons. The molecule has 1 rings (SSSR count). The topological polar surface area (TPSA) is 20.2 Å². The predicted octanol–water partition coefficient (Wildman–Crippen LogP) is 7.89. The standard InChI is InChI=1S/C24H42OS/c1-2-3-4-5-6-7-8-9-10-11-12-13-14-18-21-23(26)24(25)22-19-16-15-17-20-22/h15-17,19-20,23-26H,2-14,18,21H2,1H3. The molecule has 0 radical (unpaired) electrons. The Balaban J connectivity index is 1.86. The lowest BCUT2D eigenvalue weighted by Gasteiger charge is -2.18. The second kappa shape index (κ2) is 16.7. The minimum atomic E-state index is -0.443. The van der Waals surface area contributed by atoms with Crippen LogP contribution in [0.25, 0.3) is 0 Å². The largest absolute Gasteiger partial charge is 0.387 e. The molecule has 0 aliphatic heterocycles. The SMILES string of the molecule is CCCCCCCCCCCCCCCCC(S)C(O)c1ccccc1. The van der Waals surface area contributed by atoms with E-state index < -0.39 is 6.10 Å². The fourth-order valence-electron chi connectivity index (χ4n) is 3.58. The first-order chi connectivity index (χ1) is 12.8. The van der Waals surface area contributed by atoms with Crippen molar-refractivity contribution >= 4 is 12.6 Å². The smallest absolute Gasteiger partial charge is 0.0906 e. The second-order valence-electron chi connectivity index (χ2n) is 7.81. The molecule has 0 spiro atoms. The highest BCUT2D eigenvalue weighted by Crippen LogP contribution is 2.25. The van der Waals surface area contributed by atoms with Gasteiger partial charge < -0.3 is 5.11 Å². The Labute approximate surface area is 168 Å². The van der Waals surface area contributed by atoms with E-state index in [-0.39, 0.29) is 5.25 Å². The number of rotatable bonds is 17. The molecule has 0 fully saturated rings. The summed E-state index contributed by atoms with van der Waals surface area (Å²) in [4.78, 5) is 0. The van der Waals surface area contributed by atoms with Crippen LogP contribution in [0.15, 0.2) is 30.3 Å². The van der Waals surface area contributed by atoms with Crippen molar-refractivity contribution < 1.29 is 5.11 Å². The normalized spacial score (nSPS) is 13.7. The molecular weight excluding hydrogens is 336 g/mol. The van der Waals surface area contributed by atoms with Gasteiger partial charge in [0.1, 0.15) is 0 Å². The molecule has 0 aromatic heterocycles. The van der Waals surface area contributed by atoms with Gasteiger partial charge in [-0.25, -0.2) is 0 Å². The summed E-state index contributed by atoms with van der Waals surface area (Å²) < 4.78 is 0. The molecule has 0 amide bonds. The first kappa shape index (κ1) is 23.6. The molecule has 0 saturated heterocycles. The van der Waals surface area contributed by atoms with Crippen LogP contribution in [-0.2, 0) is 0 Å². The number of hydrogen-bond donors (Lipinski definition) is 2. The molecular formula is C24H42OS. The van der Waals surface area contributed by atoms with E-state index in [1.807, 2.05) is 30.3 Å². The van der Waals surface area contributed by atoms with Crippen molar-refractivity contribution in [2.75, 3.05) is 0 Å². The maximum atomic E-state index is 10.3. The molecule has 26 heavy (non-hydrogen) atoms. The van der Waals surface area contributed by atoms with Gasteiger partial charge in [0.15, 0.2) is 0 Å². The summed E-state index contributed by atoms with van der Waals surface area (Å²) in [5, 5.41) is 10.4. The molecule has 0 heterocycles. The van der Waals surface area contributed by atoms with E-state index in [1.54, 1.807) is 0 Å². The van der Waals surface area contributed by atoms with Crippen LogP contribution in [0.5, 0.6) is 0 Å². The van der Waals surface area contributed by atoms with Crippen LogP contribution >= 0.6 is 12.6 Å². The monoisotopic (exact) mass is 378 g/mol. The first-order valence-electron chi connectivity index (χ1n) is 11.2. The highest BCUT2D eigenvalue weighted by atomic mass is 32.1. The van der Waals surface area contributed by atoms with E-state index in [2.05, 4.69) is 19.6 Å². The van der Waals surface area contributed by atoms with Gasteiger partial charge in [-0.3, -0.25) is 0 Å². The van der Waals surface area contributed by atoms with Gasteiger partial charge in [0.25, 0.3) is 0 Å². The van der Waals surface area contributed by atoms with Gasteiger partial charge in [-0.05, 0) is 12.0 Å². The molecule has 0 saturated carbocycles. The molecule has 1 aromatic carbocycles. The minimum absolute atomic E-state index is 0.0507. The van der Waals surface area contributed by atoms with Crippen molar-refractivity contribution in [3.05, 3.63) is 35.9 Å². The van der Waals surface area contributed by atoms with Gasteiger partial charge in [-0.2, -0.15) is 12.6 Å². The summed E-state index contributed by atoms with van der Waals surface area (Å²) in [6.45, 7) is 2.28. The fourth-order valence-corrected chi connectivity index (χ4v) is 3.93. The number of aliphatic hydroxyl groups excluding tert-OH is 1. The highest BCUT2D eigenvalue weighted by molar-refractivity contribution is 7.81. The lowest BCUT2D eigenvalue weighted by Crippen LogP contribution is -2.12. The number of benzene rings is 1. The molecule has 0 aliphatic rings. The highest BCUT2D eigenvalue weighted by Gasteiger charge is 2.16. The van der Waals surface area contributed by atoms with Crippen LogP contribution in [0.1, 0.15) is 115 Å². The average Bonchev–Trinajstić information content (AvgIpc) is 2.68. The first-order valence-corrected chi connectivity index (χ1v) is 11.7. The Morgan fingerprint density at radius 3 is 1.58 bits per heavy atom. The maximum absolute atomic E-state index is 10.3. The molecule has 1 N–H and O–H groups in total. The van der Waals surface area contributed by atoms with E-state index in [1.165, 1.54) is 89.9 Å². The molecule has 2 atom stereocenters. The Morgan fingerprint density at radius 2 is 1.12 bits per heavy atom. The third-order valence-corrected chi connectivity index (χ3v) is 5.90. The van der Waals surface area contributed by atoms with Crippen LogP contribution in [0.2, 0.25) is 0 Å². The molecule has 1 nitrogen and oxygen atoms in total. The average molecular weight is 379 g/mol. The minimum Gasteiger partial charge on any atom is -0.387 e. The van der Waals surface area contributed by atoms with Crippen molar-refractivity contribution in [2.45, 2.75) is 115 Å². The van der Waals surface area contributed by atoms with Crippen LogP contribution < -0.4 is 0 Å². The molecule has 1 aromatic rings. The van der Waals surface area contributed by atoms with Crippen LogP contribution in [0.4, 0.5) is 0 Å². The number of unbranched alkanes of at least 4 members (excludes halogenated alkanes) is 13. The summed E-state index contributed by atoms with van der Waals surface area (Å²) in [6.07, 6.45) is 19.9. The van der Waals surface area contributed by atoms with Crippen molar-refractivity contribution in [1.82, 2.24) is 0 Å². The molecule has 2 heteroatoms. The third kappa shape index (κ3) is 12.0. The lowest BCUT2D eigenvalue weighted by atomic mass is 10.0. The quantitative estimate of drug-likeness (QED) is 0.208. The zero-order valence-corrected chi connectivity index (χ0v) is 17.9. The summed E-state index contributed by atoms with van der Waals surface area (Å²) >= 11 is 4.60. The van der Waals surface area contributed by atoms with Gasteiger partial charge >= 0.3 is 0 Å². The number of aliphatic hydroxyl groups is 1. The Bertz CT molecular complexity index is 406. The van der Waals surface area contributed by atoms with Crippen molar-refractivity contribution in [3.8, 4) is 0 Å².